The fourth-order valence-electron chi connectivity index (χ4n) is 2.37. The number of hydrogen-bond acceptors (Lipinski definition) is 0. The van der Waals surface area contributed by atoms with Crippen LogP contribution in [0.3, 0.4) is 0 Å². The van der Waals surface area contributed by atoms with Crippen molar-refractivity contribution in [1.29, 1.82) is 0 Å². The van der Waals surface area contributed by atoms with E-state index in [-0.39, 0.29) is 0 Å². The highest BCUT2D eigenvalue weighted by Gasteiger charge is 2.03. The number of hydrogen-bond donors (Lipinski definition) is 0. The van der Waals surface area contributed by atoms with Crippen LogP contribution in [-0.2, 0) is 6.54 Å². The molecule has 0 unspecified atom stereocenters. The van der Waals surface area contributed by atoms with Gasteiger partial charge in [-0.1, -0.05) is 48.5 Å². The maximum atomic E-state index is 2.32. The maximum absolute atomic E-state index is 2.32. The van der Waals surface area contributed by atoms with Crippen molar-refractivity contribution < 1.29 is 0 Å². The molecule has 0 atom stereocenters. The molecule has 0 saturated heterocycles. The Balaban J connectivity index is 2.07. The first-order chi connectivity index (χ1) is 8.34. The fraction of sp³-hybridized carbons (Fsp3) is 0.125. The number of para-hydroxylation sites is 1. The van der Waals surface area contributed by atoms with Crippen molar-refractivity contribution in [3.8, 4) is 0 Å². The Bertz CT molecular complexity index is 635. The van der Waals surface area contributed by atoms with Crippen LogP contribution in [0.25, 0.3) is 10.9 Å². The Morgan fingerprint density at radius 3 is 2.53 bits per heavy atom. The van der Waals surface area contributed by atoms with Gasteiger partial charge in [-0.25, -0.2) is 0 Å². The Hall–Kier alpha value is -2.02. The zero-order valence-electron chi connectivity index (χ0n) is 9.93. The number of aromatic nitrogens is 1. The van der Waals surface area contributed by atoms with Crippen molar-refractivity contribution in [2.45, 2.75) is 13.5 Å². The summed E-state index contributed by atoms with van der Waals surface area (Å²) in [7, 11) is 0. The molecule has 0 aliphatic carbocycles. The molecule has 3 aromatic rings. The van der Waals surface area contributed by atoms with E-state index in [0.29, 0.717) is 0 Å². The molecular weight excluding hydrogens is 206 g/mol. The van der Waals surface area contributed by atoms with E-state index in [1.807, 2.05) is 0 Å². The summed E-state index contributed by atoms with van der Waals surface area (Å²) in [5, 5.41) is 1.32. The highest BCUT2D eigenvalue weighted by atomic mass is 15.0. The molecule has 17 heavy (non-hydrogen) atoms. The van der Waals surface area contributed by atoms with Crippen LogP contribution in [0, 0.1) is 6.92 Å². The monoisotopic (exact) mass is 221 g/mol. The average Bonchev–Trinajstić information content (AvgIpc) is 2.75. The second-order valence-corrected chi connectivity index (χ2v) is 4.44. The van der Waals surface area contributed by atoms with Crippen molar-refractivity contribution in [2.75, 3.05) is 0 Å². The van der Waals surface area contributed by atoms with E-state index >= 15 is 0 Å². The van der Waals surface area contributed by atoms with Crippen LogP contribution in [0.15, 0.2) is 60.8 Å². The molecule has 0 spiro atoms. The highest BCUT2D eigenvalue weighted by molar-refractivity contribution is 5.83. The summed E-state index contributed by atoms with van der Waals surface area (Å²) in [6, 6.07) is 19.2. The Labute approximate surface area is 101 Å². The molecule has 0 aliphatic heterocycles. The van der Waals surface area contributed by atoms with Crippen LogP contribution >= 0.6 is 0 Å². The van der Waals surface area contributed by atoms with E-state index in [2.05, 4.69) is 72.3 Å². The molecule has 0 bridgehead atoms. The first-order valence-electron chi connectivity index (χ1n) is 5.93. The SMILES string of the molecule is Cc1cccc2ccn(Cc3ccccc3)c12. The molecule has 84 valence electrons. The van der Waals surface area contributed by atoms with Gasteiger partial charge in [-0.3, -0.25) is 0 Å². The number of fused-ring (bicyclic) bond motifs is 1. The van der Waals surface area contributed by atoms with Crippen molar-refractivity contribution in [2.24, 2.45) is 0 Å². The van der Waals surface area contributed by atoms with Gasteiger partial charge in [-0.15, -0.1) is 0 Å². The molecule has 1 heteroatoms. The zero-order chi connectivity index (χ0) is 11.7. The van der Waals surface area contributed by atoms with Crippen LogP contribution in [0.2, 0.25) is 0 Å². The van der Waals surface area contributed by atoms with Gasteiger partial charge in [0.25, 0.3) is 0 Å². The standard InChI is InChI=1S/C16H15N/c1-13-6-5-9-15-10-11-17(16(13)15)12-14-7-3-2-4-8-14/h2-11H,12H2,1H3. The van der Waals surface area contributed by atoms with E-state index in [9.17, 15) is 0 Å². The van der Waals surface area contributed by atoms with Crippen LogP contribution in [0.4, 0.5) is 0 Å². The largest absolute Gasteiger partial charge is 0.343 e. The summed E-state index contributed by atoms with van der Waals surface area (Å²) in [5.41, 5.74) is 4.02. The second kappa shape index (κ2) is 4.10. The topological polar surface area (TPSA) is 4.93 Å². The Kier molecular flexibility index (Phi) is 2.45. The maximum Gasteiger partial charge on any atom is 0.0513 e. The first kappa shape index (κ1) is 10.2. The molecule has 0 saturated carbocycles. The summed E-state index contributed by atoms with van der Waals surface area (Å²) in [4.78, 5) is 0. The molecule has 3 rings (SSSR count). The summed E-state index contributed by atoms with van der Waals surface area (Å²) < 4.78 is 2.32. The van der Waals surface area contributed by atoms with E-state index in [1.165, 1.54) is 22.0 Å². The lowest BCUT2D eigenvalue weighted by molar-refractivity contribution is 0.834. The zero-order valence-corrected chi connectivity index (χ0v) is 9.93. The third-order valence-electron chi connectivity index (χ3n) is 3.19. The minimum absolute atomic E-state index is 0.940. The van der Waals surface area contributed by atoms with Crippen molar-refractivity contribution >= 4 is 10.9 Å². The highest BCUT2D eigenvalue weighted by Crippen LogP contribution is 2.20. The van der Waals surface area contributed by atoms with Gasteiger partial charge in [-0.05, 0) is 29.5 Å². The fourth-order valence-corrected chi connectivity index (χ4v) is 2.37. The minimum Gasteiger partial charge on any atom is -0.343 e. The second-order valence-electron chi connectivity index (χ2n) is 4.44. The normalized spacial score (nSPS) is 10.9. The van der Waals surface area contributed by atoms with E-state index in [0.717, 1.165) is 6.54 Å². The van der Waals surface area contributed by atoms with Crippen molar-refractivity contribution in [3.63, 3.8) is 0 Å². The van der Waals surface area contributed by atoms with Crippen molar-refractivity contribution in [1.82, 2.24) is 4.57 Å². The molecule has 0 aliphatic rings. The molecule has 0 fully saturated rings. The lowest BCUT2D eigenvalue weighted by Crippen LogP contribution is -1.98. The predicted molar refractivity (Wildman–Crippen MR) is 72.2 cm³/mol. The summed E-state index contributed by atoms with van der Waals surface area (Å²) in [5.74, 6) is 0. The van der Waals surface area contributed by atoms with Gasteiger partial charge in [0.2, 0.25) is 0 Å². The lowest BCUT2D eigenvalue weighted by atomic mass is 10.1. The van der Waals surface area contributed by atoms with E-state index < -0.39 is 0 Å². The van der Waals surface area contributed by atoms with Crippen LogP contribution in [-0.4, -0.2) is 4.57 Å². The van der Waals surface area contributed by atoms with E-state index in [4.69, 9.17) is 0 Å². The molecule has 0 radical (unpaired) electrons. The van der Waals surface area contributed by atoms with Gasteiger partial charge < -0.3 is 4.57 Å². The molecule has 1 nitrogen and oxygen atoms in total. The van der Waals surface area contributed by atoms with Crippen molar-refractivity contribution in [3.05, 3.63) is 71.9 Å². The third-order valence-corrected chi connectivity index (χ3v) is 3.19. The minimum atomic E-state index is 0.940. The summed E-state index contributed by atoms with van der Waals surface area (Å²) in [6.45, 7) is 3.11. The number of aryl methyl sites for hydroxylation is 1. The average molecular weight is 221 g/mol. The summed E-state index contributed by atoms with van der Waals surface area (Å²) in [6.07, 6.45) is 2.17. The smallest absolute Gasteiger partial charge is 0.0513 e. The molecule has 1 heterocycles. The van der Waals surface area contributed by atoms with Crippen LogP contribution < -0.4 is 0 Å². The van der Waals surface area contributed by atoms with Crippen LogP contribution in [0.5, 0.6) is 0 Å². The first-order valence-corrected chi connectivity index (χ1v) is 5.93. The van der Waals surface area contributed by atoms with Gasteiger partial charge in [0.15, 0.2) is 0 Å². The van der Waals surface area contributed by atoms with E-state index in [1.54, 1.807) is 0 Å². The molecule has 0 N–H and O–H groups in total. The molecule has 1 aromatic heterocycles. The lowest BCUT2D eigenvalue weighted by Gasteiger charge is -2.07. The number of nitrogens with zero attached hydrogens (tertiary/aromatic N) is 1. The number of benzene rings is 2. The third kappa shape index (κ3) is 1.84. The van der Waals surface area contributed by atoms with Crippen LogP contribution in [0.1, 0.15) is 11.1 Å². The van der Waals surface area contributed by atoms with Gasteiger partial charge in [0.1, 0.15) is 0 Å². The molecular formula is C16H15N. The van der Waals surface area contributed by atoms with Gasteiger partial charge in [-0.2, -0.15) is 0 Å². The molecule has 2 aromatic carbocycles. The summed E-state index contributed by atoms with van der Waals surface area (Å²) >= 11 is 0. The van der Waals surface area contributed by atoms with Gasteiger partial charge >= 0.3 is 0 Å². The van der Waals surface area contributed by atoms with Gasteiger partial charge in [0, 0.05) is 12.7 Å². The number of rotatable bonds is 2. The predicted octanol–water partition coefficient (Wildman–Crippen LogP) is 4.00. The Morgan fingerprint density at radius 1 is 0.882 bits per heavy atom. The quantitative estimate of drug-likeness (QED) is 0.616. The van der Waals surface area contributed by atoms with Gasteiger partial charge in [0.05, 0.1) is 5.52 Å². The Morgan fingerprint density at radius 2 is 1.71 bits per heavy atom. The molecule has 0 amide bonds.